The summed E-state index contributed by atoms with van der Waals surface area (Å²) in [4.78, 5) is 16.5. The van der Waals surface area contributed by atoms with Gasteiger partial charge in [-0.15, -0.1) is 11.3 Å². The molecule has 0 atom stereocenters. The quantitative estimate of drug-likeness (QED) is 0.533. The number of carbonyl (C=O) groups is 1. The summed E-state index contributed by atoms with van der Waals surface area (Å²) in [6, 6.07) is 15.5. The number of aromatic nitrogens is 1. The Kier molecular flexibility index (Phi) is 7.41. The Labute approximate surface area is 175 Å². The average molecular weight is 409 g/mol. The van der Waals surface area contributed by atoms with Crippen LogP contribution >= 0.6 is 11.3 Å². The van der Waals surface area contributed by atoms with Gasteiger partial charge in [-0.3, -0.25) is 4.79 Å². The SMILES string of the molecule is COc1ccc(CCNC(=O)/C=C/c2ccccc2OCc2csc(C)n2)cc1. The molecule has 0 aliphatic rings. The first kappa shape index (κ1) is 20.6. The Balaban J connectivity index is 1.50. The van der Waals surface area contributed by atoms with Crippen molar-refractivity contribution >= 4 is 23.3 Å². The molecule has 29 heavy (non-hydrogen) atoms. The number of hydrogen-bond acceptors (Lipinski definition) is 5. The van der Waals surface area contributed by atoms with Crippen LogP contribution in [-0.2, 0) is 17.8 Å². The highest BCUT2D eigenvalue weighted by atomic mass is 32.1. The smallest absolute Gasteiger partial charge is 0.244 e. The molecular weight excluding hydrogens is 384 g/mol. The molecule has 1 N–H and O–H groups in total. The van der Waals surface area contributed by atoms with Crippen LogP contribution in [0.5, 0.6) is 11.5 Å². The van der Waals surface area contributed by atoms with Crippen LogP contribution in [-0.4, -0.2) is 24.5 Å². The number of ether oxygens (including phenoxy) is 2. The molecule has 0 aliphatic heterocycles. The normalized spacial score (nSPS) is 10.8. The van der Waals surface area contributed by atoms with Gasteiger partial charge < -0.3 is 14.8 Å². The van der Waals surface area contributed by atoms with E-state index >= 15 is 0 Å². The number of benzene rings is 2. The number of methoxy groups -OCH3 is 1. The number of para-hydroxylation sites is 1. The maximum absolute atomic E-state index is 12.1. The van der Waals surface area contributed by atoms with Crippen LogP contribution in [0.2, 0.25) is 0 Å². The molecule has 6 heteroatoms. The van der Waals surface area contributed by atoms with Crippen molar-refractivity contribution in [2.24, 2.45) is 0 Å². The highest BCUT2D eigenvalue weighted by molar-refractivity contribution is 7.09. The van der Waals surface area contributed by atoms with E-state index in [1.807, 2.05) is 60.8 Å². The van der Waals surface area contributed by atoms with Gasteiger partial charge >= 0.3 is 0 Å². The Morgan fingerprint density at radius 1 is 1.17 bits per heavy atom. The van der Waals surface area contributed by atoms with Crippen molar-refractivity contribution in [3.63, 3.8) is 0 Å². The number of hydrogen-bond donors (Lipinski definition) is 1. The van der Waals surface area contributed by atoms with Crippen LogP contribution in [0.25, 0.3) is 6.08 Å². The summed E-state index contributed by atoms with van der Waals surface area (Å²) in [6.07, 6.45) is 4.06. The lowest BCUT2D eigenvalue weighted by Crippen LogP contribution is -2.23. The van der Waals surface area contributed by atoms with E-state index in [0.717, 1.165) is 39.7 Å². The second-order valence-corrected chi connectivity index (χ2v) is 7.47. The van der Waals surface area contributed by atoms with Crippen molar-refractivity contribution in [1.29, 1.82) is 0 Å². The number of thiazole rings is 1. The Bertz CT molecular complexity index is 964. The van der Waals surface area contributed by atoms with Crippen LogP contribution in [0.3, 0.4) is 0 Å². The summed E-state index contributed by atoms with van der Waals surface area (Å²) >= 11 is 1.60. The fourth-order valence-electron chi connectivity index (χ4n) is 2.72. The van der Waals surface area contributed by atoms with Gasteiger partial charge in [-0.25, -0.2) is 4.98 Å². The highest BCUT2D eigenvalue weighted by Crippen LogP contribution is 2.21. The second kappa shape index (κ2) is 10.4. The fourth-order valence-corrected chi connectivity index (χ4v) is 3.32. The molecule has 150 valence electrons. The predicted octanol–water partition coefficient (Wildman–Crippen LogP) is 4.41. The summed E-state index contributed by atoms with van der Waals surface area (Å²) in [6.45, 7) is 2.94. The van der Waals surface area contributed by atoms with Crippen molar-refractivity contribution in [1.82, 2.24) is 10.3 Å². The minimum atomic E-state index is -0.136. The van der Waals surface area contributed by atoms with E-state index < -0.39 is 0 Å². The zero-order valence-corrected chi connectivity index (χ0v) is 17.4. The summed E-state index contributed by atoms with van der Waals surface area (Å²) in [5, 5.41) is 5.91. The standard InChI is InChI=1S/C23H24N2O3S/c1-17-25-20(16-29-17)15-28-22-6-4-3-5-19(22)9-12-23(26)24-14-13-18-7-10-21(27-2)11-8-18/h3-12,16H,13-15H2,1-2H3,(H,24,26)/b12-9+. The zero-order chi connectivity index (χ0) is 20.5. The van der Waals surface area contributed by atoms with E-state index in [1.54, 1.807) is 24.5 Å². The zero-order valence-electron chi connectivity index (χ0n) is 16.6. The molecular formula is C23H24N2O3S. The molecule has 0 bridgehead atoms. The maximum atomic E-state index is 12.1. The van der Waals surface area contributed by atoms with E-state index in [1.165, 1.54) is 6.08 Å². The van der Waals surface area contributed by atoms with Gasteiger partial charge in [0.1, 0.15) is 18.1 Å². The number of nitrogens with zero attached hydrogens (tertiary/aromatic N) is 1. The number of rotatable bonds is 9. The van der Waals surface area contributed by atoms with Crippen LogP contribution in [0.15, 0.2) is 60.0 Å². The Hall–Kier alpha value is -3.12. The highest BCUT2D eigenvalue weighted by Gasteiger charge is 2.04. The largest absolute Gasteiger partial charge is 0.497 e. The molecule has 0 spiro atoms. The third kappa shape index (κ3) is 6.47. The molecule has 3 aromatic rings. The molecule has 0 radical (unpaired) electrons. The molecule has 2 aromatic carbocycles. The molecule has 1 aromatic heterocycles. The first-order valence-corrected chi connectivity index (χ1v) is 10.2. The van der Waals surface area contributed by atoms with E-state index in [0.29, 0.717) is 13.2 Å². The van der Waals surface area contributed by atoms with E-state index in [4.69, 9.17) is 9.47 Å². The number of aryl methyl sites for hydroxylation is 1. The van der Waals surface area contributed by atoms with Gasteiger partial charge in [-0.2, -0.15) is 0 Å². The van der Waals surface area contributed by atoms with Gasteiger partial charge in [0.05, 0.1) is 17.8 Å². The van der Waals surface area contributed by atoms with Crippen LogP contribution in [0.4, 0.5) is 0 Å². The summed E-state index contributed by atoms with van der Waals surface area (Å²) < 4.78 is 11.0. The van der Waals surface area contributed by atoms with Crippen molar-refractivity contribution in [2.45, 2.75) is 20.0 Å². The third-order valence-corrected chi connectivity index (χ3v) is 5.07. The minimum Gasteiger partial charge on any atom is -0.497 e. The van der Waals surface area contributed by atoms with Gasteiger partial charge in [-0.05, 0) is 43.2 Å². The predicted molar refractivity (Wildman–Crippen MR) is 116 cm³/mol. The first-order valence-electron chi connectivity index (χ1n) is 9.36. The number of amides is 1. The summed E-state index contributed by atoms with van der Waals surface area (Å²) in [5.74, 6) is 1.41. The third-order valence-electron chi connectivity index (χ3n) is 4.25. The molecule has 1 heterocycles. The van der Waals surface area contributed by atoms with E-state index in [9.17, 15) is 4.79 Å². The summed E-state index contributed by atoms with van der Waals surface area (Å²) in [5.41, 5.74) is 2.90. The number of carbonyl (C=O) groups excluding carboxylic acids is 1. The van der Waals surface area contributed by atoms with E-state index in [2.05, 4.69) is 10.3 Å². The molecule has 0 saturated carbocycles. The molecule has 0 saturated heterocycles. The van der Waals surface area contributed by atoms with Crippen LogP contribution in [0, 0.1) is 6.92 Å². The molecule has 0 fully saturated rings. The van der Waals surface area contributed by atoms with Gasteiger partial charge in [0, 0.05) is 23.6 Å². The number of nitrogens with one attached hydrogen (secondary N) is 1. The van der Waals surface area contributed by atoms with Crippen molar-refractivity contribution < 1.29 is 14.3 Å². The summed E-state index contributed by atoms with van der Waals surface area (Å²) in [7, 11) is 1.64. The topological polar surface area (TPSA) is 60.5 Å². The van der Waals surface area contributed by atoms with Gasteiger partial charge in [0.15, 0.2) is 0 Å². The Morgan fingerprint density at radius 2 is 1.97 bits per heavy atom. The minimum absolute atomic E-state index is 0.136. The maximum Gasteiger partial charge on any atom is 0.244 e. The molecule has 5 nitrogen and oxygen atoms in total. The van der Waals surface area contributed by atoms with Crippen molar-refractivity contribution in [3.05, 3.63) is 81.8 Å². The molecule has 3 rings (SSSR count). The lowest BCUT2D eigenvalue weighted by Gasteiger charge is -2.08. The lowest BCUT2D eigenvalue weighted by atomic mass is 10.1. The van der Waals surface area contributed by atoms with Crippen LogP contribution < -0.4 is 14.8 Å². The first-order chi connectivity index (χ1) is 14.1. The monoisotopic (exact) mass is 408 g/mol. The van der Waals surface area contributed by atoms with Crippen LogP contribution in [0.1, 0.15) is 21.8 Å². The van der Waals surface area contributed by atoms with Gasteiger partial charge in [-0.1, -0.05) is 30.3 Å². The molecule has 0 aliphatic carbocycles. The molecule has 0 unspecified atom stereocenters. The average Bonchev–Trinajstić information content (AvgIpc) is 3.17. The van der Waals surface area contributed by atoms with Crippen molar-refractivity contribution in [3.8, 4) is 11.5 Å². The fraction of sp³-hybridized carbons (Fsp3) is 0.217. The van der Waals surface area contributed by atoms with Crippen molar-refractivity contribution in [2.75, 3.05) is 13.7 Å². The second-order valence-electron chi connectivity index (χ2n) is 6.41. The Morgan fingerprint density at radius 3 is 2.69 bits per heavy atom. The molecule has 1 amide bonds. The van der Waals surface area contributed by atoms with Gasteiger partial charge in [0.25, 0.3) is 0 Å². The van der Waals surface area contributed by atoms with Gasteiger partial charge in [0.2, 0.25) is 5.91 Å². The lowest BCUT2D eigenvalue weighted by molar-refractivity contribution is -0.116. The van der Waals surface area contributed by atoms with E-state index in [-0.39, 0.29) is 5.91 Å².